The van der Waals surface area contributed by atoms with Gasteiger partial charge in [0.05, 0.1) is 24.5 Å². The van der Waals surface area contributed by atoms with Crippen LogP contribution in [0.2, 0.25) is 5.02 Å². The zero-order valence-corrected chi connectivity index (χ0v) is 12.7. The lowest BCUT2D eigenvalue weighted by Gasteiger charge is -2.10. The molecule has 0 bridgehead atoms. The average molecular weight is 309 g/mol. The predicted molar refractivity (Wildman–Crippen MR) is 89.7 cm³/mol. The van der Waals surface area contributed by atoms with Crippen molar-refractivity contribution in [3.8, 4) is 17.0 Å². The van der Waals surface area contributed by atoms with Gasteiger partial charge in [-0.25, -0.2) is 4.52 Å². The van der Waals surface area contributed by atoms with E-state index >= 15 is 0 Å². The van der Waals surface area contributed by atoms with Crippen molar-refractivity contribution in [2.75, 3.05) is 7.11 Å². The molecule has 2 aromatic heterocycles. The van der Waals surface area contributed by atoms with Crippen molar-refractivity contribution in [1.29, 1.82) is 0 Å². The van der Waals surface area contributed by atoms with Gasteiger partial charge in [0.25, 0.3) is 0 Å². The Morgan fingerprint density at radius 2 is 1.82 bits per heavy atom. The van der Waals surface area contributed by atoms with Crippen molar-refractivity contribution >= 4 is 27.9 Å². The minimum atomic E-state index is 0.733. The second-order valence-corrected chi connectivity index (χ2v) is 5.55. The van der Waals surface area contributed by atoms with Gasteiger partial charge >= 0.3 is 0 Å². The van der Waals surface area contributed by atoms with E-state index in [1.807, 2.05) is 59.2 Å². The van der Waals surface area contributed by atoms with Gasteiger partial charge in [0.2, 0.25) is 0 Å². The first-order valence-electron chi connectivity index (χ1n) is 6.97. The Labute approximate surface area is 132 Å². The van der Waals surface area contributed by atoms with Crippen molar-refractivity contribution < 1.29 is 4.74 Å². The quantitative estimate of drug-likeness (QED) is 0.531. The van der Waals surface area contributed by atoms with E-state index in [1.54, 1.807) is 7.11 Å². The summed E-state index contributed by atoms with van der Waals surface area (Å²) in [6, 6.07) is 18.0. The Bertz CT molecular complexity index is 974. The summed E-state index contributed by atoms with van der Waals surface area (Å²) in [5, 5.41) is 7.44. The van der Waals surface area contributed by atoms with Crippen LogP contribution in [0.15, 0.2) is 60.8 Å². The van der Waals surface area contributed by atoms with Crippen molar-refractivity contribution in [2.24, 2.45) is 0 Å². The molecule has 0 saturated carbocycles. The Hall–Kier alpha value is -2.52. The van der Waals surface area contributed by atoms with E-state index in [0.29, 0.717) is 0 Å². The Morgan fingerprint density at radius 1 is 1.00 bits per heavy atom. The number of hydrogen-bond acceptors (Lipinski definition) is 2. The van der Waals surface area contributed by atoms with Gasteiger partial charge in [-0.2, -0.15) is 5.10 Å². The molecular formula is C18H13ClN2O. The van der Waals surface area contributed by atoms with Gasteiger partial charge in [-0.15, -0.1) is 0 Å². The van der Waals surface area contributed by atoms with Crippen LogP contribution in [0.5, 0.6) is 5.75 Å². The van der Waals surface area contributed by atoms with Gasteiger partial charge in [0.1, 0.15) is 5.75 Å². The minimum absolute atomic E-state index is 0.733. The Balaban J connectivity index is 2.03. The van der Waals surface area contributed by atoms with Crippen LogP contribution < -0.4 is 4.74 Å². The van der Waals surface area contributed by atoms with Gasteiger partial charge < -0.3 is 4.74 Å². The SMILES string of the molecule is COc1ccc(-c2cc3cc(Cl)ccc3c3ccnn23)cc1. The van der Waals surface area contributed by atoms with E-state index in [1.165, 1.54) is 0 Å². The van der Waals surface area contributed by atoms with Gasteiger partial charge in [-0.05, 0) is 53.9 Å². The second kappa shape index (κ2) is 5.04. The summed E-state index contributed by atoms with van der Waals surface area (Å²) in [4.78, 5) is 0. The molecule has 0 amide bonds. The summed E-state index contributed by atoms with van der Waals surface area (Å²) in [5.74, 6) is 0.837. The second-order valence-electron chi connectivity index (χ2n) is 5.12. The van der Waals surface area contributed by atoms with Crippen LogP contribution in [-0.4, -0.2) is 16.7 Å². The lowest BCUT2D eigenvalue weighted by molar-refractivity contribution is 0.415. The van der Waals surface area contributed by atoms with E-state index in [2.05, 4.69) is 11.2 Å². The van der Waals surface area contributed by atoms with Crippen LogP contribution in [0.4, 0.5) is 0 Å². The lowest BCUT2D eigenvalue weighted by atomic mass is 10.1. The Morgan fingerprint density at radius 3 is 2.59 bits per heavy atom. The van der Waals surface area contributed by atoms with E-state index < -0.39 is 0 Å². The number of fused-ring (bicyclic) bond motifs is 3. The molecule has 0 saturated heterocycles. The molecule has 0 aliphatic heterocycles. The number of halogens is 1. The normalized spacial score (nSPS) is 11.2. The topological polar surface area (TPSA) is 26.5 Å². The highest BCUT2D eigenvalue weighted by atomic mass is 35.5. The van der Waals surface area contributed by atoms with Crippen LogP contribution in [0.3, 0.4) is 0 Å². The molecule has 4 heteroatoms. The van der Waals surface area contributed by atoms with E-state index in [9.17, 15) is 0 Å². The van der Waals surface area contributed by atoms with E-state index in [-0.39, 0.29) is 0 Å². The van der Waals surface area contributed by atoms with E-state index in [0.717, 1.165) is 38.3 Å². The number of benzene rings is 2. The van der Waals surface area contributed by atoms with Crippen LogP contribution in [-0.2, 0) is 0 Å². The van der Waals surface area contributed by atoms with E-state index in [4.69, 9.17) is 16.3 Å². The highest BCUT2D eigenvalue weighted by Gasteiger charge is 2.09. The molecule has 2 aromatic carbocycles. The molecule has 22 heavy (non-hydrogen) atoms. The third-order valence-electron chi connectivity index (χ3n) is 3.84. The van der Waals surface area contributed by atoms with Crippen molar-refractivity contribution in [2.45, 2.75) is 0 Å². The summed E-state index contributed by atoms with van der Waals surface area (Å²) < 4.78 is 7.18. The fourth-order valence-corrected chi connectivity index (χ4v) is 2.94. The molecular weight excluding hydrogens is 296 g/mol. The standard InChI is InChI=1S/C18H13ClN2O/c1-22-15-5-2-12(3-6-15)18-11-13-10-14(19)4-7-16(13)17-8-9-20-21(17)18/h2-11H,1H3. The number of hydrogen-bond donors (Lipinski definition) is 0. The maximum atomic E-state index is 6.14. The number of ether oxygens (including phenoxy) is 1. The molecule has 0 aliphatic rings. The number of nitrogens with zero attached hydrogens (tertiary/aromatic N) is 2. The largest absolute Gasteiger partial charge is 0.497 e. The van der Waals surface area contributed by atoms with Gasteiger partial charge in [0.15, 0.2) is 0 Å². The van der Waals surface area contributed by atoms with Gasteiger partial charge in [-0.1, -0.05) is 17.7 Å². The van der Waals surface area contributed by atoms with Crippen molar-refractivity contribution in [3.63, 3.8) is 0 Å². The van der Waals surface area contributed by atoms with Crippen LogP contribution in [0, 0.1) is 0 Å². The summed E-state index contributed by atoms with van der Waals surface area (Å²) in [6.07, 6.45) is 1.82. The molecule has 0 unspecified atom stereocenters. The smallest absolute Gasteiger partial charge is 0.118 e. The zero-order chi connectivity index (χ0) is 15.1. The first-order chi connectivity index (χ1) is 10.8. The molecule has 4 rings (SSSR count). The first-order valence-corrected chi connectivity index (χ1v) is 7.34. The van der Waals surface area contributed by atoms with Gasteiger partial charge in [0, 0.05) is 16.0 Å². The fraction of sp³-hybridized carbons (Fsp3) is 0.0556. The fourth-order valence-electron chi connectivity index (χ4n) is 2.76. The first kappa shape index (κ1) is 13.2. The molecule has 3 nitrogen and oxygen atoms in total. The van der Waals surface area contributed by atoms with Crippen LogP contribution in [0.1, 0.15) is 0 Å². The molecule has 2 heterocycles. The van der Waals surface area contributed by atoms with Crippen LogP contribution in [0.25, 0.3) is 27.5 Å². The predicted octanol–water partition coefficient (Wildman–Crippen LogP) is 4.82. The molecule has 0 N–H and O–H groups in total. The molecule has 0 spiro atoms. The Kier molecular flexibility index (Phi) is 3.01. The molecule has 0 radical (unpaired) electrons. The monoisotopic (exact) mass is 308 g/mol. The lowest BCUT2D eigenvalue weighted by Crippen LogP contribution is -1.95. The van der Waals surface area contributed by atoms with Crippen molar-refractivity contribution in [1.82, 2.24) is 9.61 Å². The number of methoxy groups -OCH3 is 1. The zero-order valence-electron chi connectivity index (χ0n) is 12.0. The average Bonchev–Trinajstić information content (AvgIpc) is 3.03. The maximum Gasteiger partial charge on any atom is 0.118 e. The molecule has 4 aromatic rings. The summed E-state index contributed by atoms with van der Waals surface area (Å²) in [5.41, 5.74) is 3.17. The summed E-state index contributed by atoms with van der Waals surface area (Å²) in [6.45, 7) is 0. The number of aromatic nitrogens is 2. The van der Waals surface area contributed by atoms with Crippen molar-refractivity contribution in [3.05, 3.63) is 65.8 Å². The maximum absolute atomic E-state index is 6.14. The highest BCUT2D eigenvalue weighted by Crippen LogP contribution is 2.30. The highest BCUT2D eigenvalue weighted by molar-refractivity contribution is 6.31. The molecule has 0 fully saturated rings. The minimum Gasteiger partial charge on any atom is -0.497 e. The summed E-state index contributed by atoms with van der Waals surface area (Å²) in [7, 11) is 1.67. The molecule has 0 aliphatic carbocycles. The summed E-state index contributed by atoms with van der Waals surface area (Å²) >= 11 is 6.14. The third kappa shape index (κ3) is 2.02. The number of pyridine rings is 1. The number of rotatable bonds is 2. The van der Waals surface area contributed by atoms with Gasteiger partial charge in [-0.3, -0.25) is 0 Å². The third-order valence-corrected chi connectivity index (χ3v) is 4.07. The van der Waals surface area contributed by atoms with Crippen LogP contribution >= 0.6 is 11.6 Å². The molecule has 0 atom stereocenters. The molecule has 108 valence electrons.